The minimum absolute atomic E-state index is 0.0664. The molecule has 2 saturated heterocycles. The minimum atomic E-state index is -0.509. The Bertz CT molecular complexity index is 1270. The lowest BCUT2D eigenvalue weighted by Gasteiger charge is -2.38. The Labute approximate surface area is 224 Å². The molecular weight excluding hydrogens is 519 g/mol. The average Bonchev–Trinajstić information content (AvgIpc) is 3.23. The van der Waals surface area contributed by atoms with Crippen molar-refractivity contribution in [2.24, 2.45) is 5.41 Å². The van der Waals surface area contributed by atoms with Gasteiger partial charge >= 0.3 is 0 Å². The summed E-state index contributed by atoms with van der Waals surface area (Å²) in [5, 5.41) is 14.2. The highest BCUT2D eigenvalue weighted by Crippen LogP contribution is 2.42. The normalized spacial score (nSPS) is 19.0. The van der Waals surface area contributed by atoms with Crippen molar-refractivity contribution in [1.29, 1.82) is 0 Å². The monoisotopic (exact) mass is 544 g/mol. The first-order valence-corrected chi connectivity index (χ1v) is 13.3. The van der Waals surface area contributed by atoms with Crippen LogP contribution in [0.2, 0.25) is 10.0 Å². The number of hydrogen-bond donors (Lipinski definition) is 2. The predicted octanol–water partition coefficient (Wildman–Crippen LogP) is 6.29. The number of aromatic hydroxyl groups is 1. The highest BCUT2D eigenvalue weighted by molar-refractivity contribution is 7.99. The minimum Gasteiger partial charge on any atom is -0.507 e. The summed E-state index contributed by atoms with van der Waals surface area (Å²) in [5.41, 5.74) is 0.807. The number of carbonyl (C=O) groups excluding carboxylic acids is 1. The van der Waals surface area contributed by atoms with Crippen LogP contribution in [0.4, 0.5) is 11.5 Å². The molecule has 0 aliphatic carbocycles. The van der Waals surface area contributed by atoms with Crippen LogP contribution in [0.25, 0.3) is 0 Å². The van der Waals surface area contributed by atoms with Crippen LogP contribution in [0.1, 0.15) is 36.5 Å². The molecule has 5 rings (SSSR count). The Kier molecular flexibility index (Phi) is 7.30. The zero-order valence-electron chi connectivity index (χ0n) is 19.7. The Hall–Kier alpha value is -2.52. The molecule has 2 fully saturated rings. The molecule has 2 aliphatic heterocycles. The summed E-state index contributed by atoms with van der Waals surface area (Å²) in [6.45, 7) is 4.92. The number of phenolic OH excluding ortho intramolecular Hbond substituents is 1. The second-order valence-electron chi connectivity index (χ2n) is 9.36. The molecule has 0 radical (unpaired) electrons. The van der Waals surface area contributed by atoms with E-state index in [0.717, 1.165) is 49.7 Å². The molecule has 2 aliphatic rings. The lowest BCUT2D eigenvalue weighted by atomic mass is 9.77. The van der Waals surface area contributed by atoms with Crippen LogP contribution in [0.5, 0.6) is 5.75 Å². The van der Waals surface area contributed by atoms with Crippen LogP contribution in [-0.2, 0) is 4.74 Å². The number of benzene rings is 2. The zero-order valence-corrected chi connectivity index (χ0v) is 22.0. The van der Waals surface area contributed by atoms with Gasteiger partial charge in [-0.05, 0) is 61.9 Å². The summed E-state index contributed by atoms with van der Waals surface area (Å²) in [6.07, 6.45) is 7.26. The van der Waals surface area contributed by atoms with E-state index in [1.54, 1.807) is 24.5 Å². The van der Waals surface area contributed by atoms with Crippen molar-refractivity contribution in [2.75, 3.05) is 29.9 Å². The van der Waals surface area contributed by atoms with Crippen LogP contribution < -0.4 is 10.2 Å². The van der Waals surface area contributed by atoms with Crippen molar-refractivity contribution in [3.63, 3.8) is 0 Å². The SMILES string of the molecule is C[C@H]1CC2(CCN(c3cnc(Sc4cccc(NC(=O)c5cc(Cl)ccc5O)c4Cl)cn3)CC2)CO1. The molecular formula is C26H26Cl2N4O3S. The second-order valence-corrected chi connectivity index (χ2v) is 11.2. The van der Waals surface area contributed by atoms with E-state index in [4.69, 9.17) is 27.9 Å². The predicted molar refractivity (Wildman–Crippen MR) is 143 cm³/mol. The summed E-state index contributed by atoms with van der Waals surface area (Å²) in [4.78, 5) is 24.9. The van der Waals surface area contributed by atoms with E-state index in [0.29, 0.717) is 32.3 Å². The van der Waals surface area contributed by atoms with Gasteiger partial charge in [0.2, 0.25) is 0 Å². The van der Waals surface area contributed by atoms with Gasteiger partial charge in [0.15, 0.2) is 0 Å². The molecule has 1 aromatic heterocycles. The van der Waals surface area contributed by atoms with Crippen molar-refractivity contribution < 1.29 is 14.6 Å². The number of anilines is 2. The van der Waals surface area contributed by atoms with Gasteiger partial charge < -0.3 is 20.1 Å². The molecule has 1 atom stereocenters. The fourth-order valence-electron chi connectivity index (χ4n) is 4.81. The van der Waals surface area contributed by atoms with Gasteiger partial charge in [-0.1, -0.05) is 41.0 Å². The first-order chi connectivity index (χ1) is 17.3. The Balaban J connectivity index is 1.23. The number of nitrogens with one attached hydrogen (secondary N) is 1. The van der Waals surface area contributed by atoms with Crippen molar-refractivity contribution in [1.82, 2.24) is 9.97 Å². The number of rotatable bonds is 5. The summed E-state index contributed by atoms with van der Waals surface area (Å²) >= 11 is 13.9. The molecule has 3 aromatic rings. The van der Waals surface area contributed by atoms with E-state index in [2.05, 4.69) is 27.1 Å². The Morgan fingerprint density at radius 3 is 2.69 bits per heavy atom. The van der Waals surface area contributed by atoms with Crippen molar-refractivity contribution in [3.05, 3.63) is 64.4 Å². The highest BCUT2D eigenvalue weighted by atomic mass is 35.5. The molecule has 0 saturated carbocycles. The molecule has 1 amide bonds. The highest BCUT2D eigenvalue weighted by Gasteiger charge is 2.41. The lowest BCUT2D eigenvalue weighted by Crippen LogP contribution is -2.41. The molecule has 0 unspecified atom stereocenters. The first-order valence-electron chi connectivity index (χ1n) is 11.8. The smallest absolute Gasteiger partial charge is 0.259 e. The second kappa shape index (κ2) is 10.5. The molecule has 7 nitrogen and oxygen atoms in total. The van der Waals surface area contributed by atoms with Crippen LogP contribution >= 0.6 is 35.0 Å². The third-order valence-electron chi connectivity index (χ3n) is 6.79. The maximum Gasteiger partial charge on any atom is 0.259 e. The largest absolute Gasteiger partial charge is 0.507 e. The summed E-state index contributed by atoms with van der Waals surface area (Å²) < 4.78 is 5.83. The topological polar surface area (TPSA) is 87.6 Å². The maximum atomic E-state index is 12.7. The van der Waals surface area contributed by atoms with E-state index < -0.39 is 5.91 Å². The van der Waals surface area contributed by atoms with E-state index >= 15 is 0 Å². The summed E-state index contributed by atoms with van der Waals surface area (Å²) in [5.74, 6) is 0.198. The Morgan fingerprint density at radius 1 is 1.19 bits per heavy atom. The van der Waals surface area contributed by atoms with E-state index in [9.17, 15) is 9.90 Å². The van der Waals surface area contributed by atoms with Gasteiger partial charge in [0, 0.05) is 23.0 Å². The van der Waals surface area contributed by atoms with Crippen LogP contribution in [0, 0.1) is 5.41 Å². The zero-order chi connectivity index (χ0) is 25.3. The number of aromatic nitrogens is 2. The summed E-state index contributed by atoms with van der Waals surface area (Å²) in [6, 6.07) is 9.63. The number of halogens is 2. The number of carbonyl (C=O) groups is 1. The van der Waals surface area contributed by atoms with Crippen molar-refractivity contribution >= 4 is 52.4 Å². The lowest BCUT2D eigenvalue weighted by molar-refractivity contribution is 0.0975. The average molecular weight is 545 g/mol. The number of amides is 1. The third kappa shape index (κ3) is 5.42. The molecule has 36 heavy (non-hydrogen) atoms. The van der Waals surface area contributed by atoms with E-state index in [-0.39, 0.29) is 11.3 Å². The first kappa shape index (κ1) is 25.1. The summed E-state index contributed by atoms with van der Waals surface area (Å²) in [7, 11) is 0. The quantitative estimate of drug-likeness (QED) is 0.390. The fraction of sp³-hybridized carbons (Fsp3) is 0.346. The number of nitrogens with zero attached hydrogens (tertiary/aromatic N) is 3. The number of piperidine rings is 1. The molecule has 1 spiro atoms. The van der Waals surface area contributed by atoms with Gasteiger partial charge in [0.1, 0.15) is 16.6 Å². The number of ether oxygens (including phenoxy) is 1. The number of hydrogen-bond acceptors (Lipinski definition) is 7. The molecule has 188 valence electrons. The number of phenols is 1. The van der Waals surface area contributed by atoms with Crippen molar-refractivity contribution in [2.45, 2.75) is 42.2 Å². The van der Waals surface area contributed by atoms with Gasteiger partial charge in [0.05, 0.1) is 41.4 Å². The standard InChI is InChI=1S/C26H26Cl2N4O3S/c1-16-12-26(15-35-16)7-9-32(10-8-26)22-13-30-23(14-29-22)36-21-4-2-3-19(24(21)28)31-25(34)18-11-17(27)5-6-20(18)33/h2-6,11,13-14,16,33H,7-10,12,15H2,1H3,(H,31,34)/t16-/m0/s1. The van der Waals surface area contributed by atoms with Crippen LogP contribution in [0.15, 0.2) is 58.7 Å². The van der Waals surface area contributed by atoms with E-state index in [1.807, 2.05) is 6.07 Å². The van der Waals surface area contributed by atoms with Crippen molar-refractivity contribution in [3.8, 4) is 5.75 Å². The molecule has 10 heteroatoms. The molecule has 2 aromatic carbocycles. The van der Waals surface area contributed by atoms with Gasteiger partial charge in [-0.15, -0.1) is 0 Å². The van der Waals surface area contributed by atoms with Crippen LogP contribution in [-0.4, -0.2) is 46.8 Å². The molecule has 2 N–H and O–H groups in total. The van der Waals surface area contributed by atoms with Crippen LogP contribution in [0.3, 0.4) is 0 Å². The van der Waals surface area contributed by atoms with Gasteiger partial charge in [-0.2, -0.15) is 0 Å². The third-order valence-corrected chi connectivity index (χ3v) is 8.52. The molecule has 0 bridgehead atoms. The fourth-order valence-corrected chi connectivity index (χ4v) is 6.05. The van der Waals surface area contributed by atoms with Gasteiger partial charge in [-0.25, -0.2) is 9.97 Å². The van der Waals surface area contributed by atoms with Gasteiger partial charge in [0.25, 0.3) is 5.91 Å². The molecule has 3 heterocycles. The Morgan fingerprint density at radius 2 is 2.00 bits per heavy atom. The maximum absolute atomic E-state index is 12.7. The van der Waals surface area contributed by atoms with Gasteiger partial charge in [-0.3, -0.25) is 4.79 Å². The van der Waals surface area contributed by atoms with E-state index in [1.165, 1.54) is 30.0 Å².